The molecule has 0 saturated heterocycles. The van der Waals surface area contributed by atoms with Crippen LogP contribution in [0.15, 0.2) is 41.7 Å². The minimum Gasteiger partial charge on any atom is -0.386 e. The van der Waals surface area contributed by atoms with Crippen LogP contribution in [0.2, 0.25) is 5.02 Å². The van der Waals surface area contributed by atoms with E-state index in [0.29, 0.717) is 34.2 Å². The largest absolute Gasteiger partial charge is 0.386 e. The number of carbonyl (C=O) groups excluding carboxylic acids is 1. The van der Waals surface area contributed by atoms with Crippen molar-refractivity contribution in [2.24, 2.45) is 10.7 Å². The van der Waals surface area contributed by atoms with Crippen molar-refractivity contribution in [3.63, 3.8) is 0 Å². The van der Waals surface area contributed by atoms with Gasteiger partial charge >= 0.3 is 0 Å². The minimum atomic E-state index is -3.50. The van der Waals surface area contributed by atoms with Crippen LogP contribution in [0.3, 0.4) is 0 Å². The second-order valence-electron chi connectivity index (χ2n) is 8.57. The maximum absolute atomic E-state index is 13.3. The summed E-state index contributed by atoms with van der Waals surface area (Å²) in [4.78, 5) is 18.3. The van der Waals surface area contributed by atoms with Crippen molar-refractivity contribution in [3.8, 4) is 0 Å². The number of fused-ring (bicyclic) bond motifs is 1. The Labute approximate surface area is 200 Å². The molecule has 1 saturated carbocycles. The van der Waals surface area contributed by atoms with Crippen LogP contribution in [-0.4, -0.2) is 40.3 Å². The van der Waals surface area contributed by atoms with Gasteiger partial charge in [-0.2, -0.15) is 5.10 Å². The Bertz CT molecular complexity index is 1360. The molecule has 1 unspecified atom stereocenters. The number of hydrogen-bond donors (Lipinski definition) is 2. The Morgan fingerprint density at radius 3 is 2.85 bits per heavy atom. The van der Waals surface area contributed by atoms with E-state index >= 15 is 0 Å². The topological polar surface area (TPSA) is 119 Å². The van der Waals surface area contributed by atoms with Gasteiger partial charge < -0.3 is 11.1 Å². The number of amides is 1. The van der Waals surface area contributed by atoms with Gasteiger partial charge in [0.05, 0.1) is 27.4 Å². The average Bonchev–Trinajstić information content (AvgIpc) is 3.40. The molecule has 1 fully saturated rings. The van der Waals surface area contributed by atoms with E-state index in [1.807, 2.05) is 24.4 Å². The quantitative estimate of drug-likeness (QED) is 0.562. The fourth-order valence-electron chi connectivity index (χ4n) is 4.78. The SMILES string of the molecule is NC1=NC(c2sc(C(=O)NCc3cnn4ccccc34)cc2Cl)CS(=O)(=O)C12CCCCC2. The molecule has 0 radical (unpaired) electrons. The summed E-state index contributed by atoms with van der Waals surface area (Å²) >= 11 is 7.59. The van der Waals surface area contributed by atoms with Crippen molar-refractivity contribution in [1.29, 1.82) is 0 Å². The molecule has 2 aliphatic rings. The van der Waals surface area contributed by atoms with Crippen LogP contribution >= 0.6 is 22.9 Å². The van der Waals surface area contributed by atoms with Crippen LogP contribution in [0.25, 0.3) is 5.52 Å². The predicted octanol–water partition coefficient (Wildman–Crippen LogP) is 3.51. The number of halogens is 1. The summed E-state index contributed by atoms with van der Waals surface area (Å²) in [6, 6.07) is 6.60. The van der Waals surface area contributed by atoms with Gasteiger partial charge in [-0.15, -0.1) is 11.3 Å². The molecule has 33 heavy (non-hydrogen) atoms. The van der Waals surface area contributed by atoms with Gasteiger partial charge in [-0.05, 0) is 31.0 Å². The Hall–Kier alpha value is -2.43. The summed E-state index contributed by atoms with van der Waals surface area (Å²) in [6.07, 6.45) is 7.27. The molecular weight excluding hydrogens is 482 g/mol. The first-order chi connectivity index (χ1) is 15.8. The zero-order chi connectivity index (χ0) is 23.2. The first-order valence-corrected chi connectivity index (χ1v) is 13.7. The smallest absolute Gasteiger partial charge is 0.261 e. The minimum absolute atomic E-state index is 0.141. The second-order valence-corrected chi connectivity index (χ2v) is 12.4. The van der Waals surface area contributed by atoms with Gasteiger partial charge in [0, 0.05) is 23.2 Å². The van der Waals surface area contributed by atoms with E-state index < -0.39 is 20.6 Å². The number of rotatable bonds is 4. The van der Waals surface area contributed by atoms with E-state index in [2.05, 4.69) is 15.4 Å². The molecule has 3 aromatic heterocycles. The van der Waals surface area contributed by atoms with E-state index in [-0.39, 0.29) is 17.5 Å². The molecule has 4 heterocycles. The number of aromatic nitrogens is 2. The van der Waals surface area contributed by atoms with Gasteiger partial charge in [-0.25, -0.2) is 12.9 Å². The molecule has 1 atom stereocenters. The van der Waals surface area contributed by atoms with Gasteiger partial charge in [-0.3, -0.25) is 9.79 Å². The van der Waals surface area contributed by atoms with Gasteiger partial charge in [0.15, 0.2) is 9.84 Å². The molecule has 5 rings (SSSR count). The fourth-order valence-corrected chi connectivity index (χ4v) is 8.57. The lowest BCUT2D eigenvalue weighted by Gasteiger charge is -2.40. The molecule has 8 nitrogen and oxygen atoms in total. The van der Waals surface area contributed by atoms with Crippen LogP contribution < -0.4 is 11.1 Å². The highest BCUT2D eigenvalue weighted by Gasteiger charge is 2.51. The third-order valence-corrected chi connectivity index (χ3v) is 10.8. The van der Waals surface area contributed by atoms with Gasteiger partial charge in [0.25, 0.3) is 5.91 Å². The summed E-state index contributed by atoms with van der Waals surface area (Å²) in [5.41, 5.74) is 8.06. The number of nitrogens with two attached hydrogens (primary N) is 1. The molecule has 1 amide bonds. The molecule has 1 aliphatic carbocycles. The summed E-state index contributed by atoms with van der Waals surface area (Å²) in [5, 5.41) is 7.49. The molecule has 3 N–H and O–H groups in total. The lowest BCUT2D eigenvalue weighted by atomic mass is 9.87. The van der Waals surface area contributed by atoms with E-state index in [0.717, 1.165) is 41.7 Å². The van der Waals surface area contributed by atoms with E-state index in [4.69, 9.17) is 17.3 Å². The number of amidine groups is 1. The number of pyridine rings is 1. The highest BCUT2D eigenvalue weighted by Crippen LogP contribution is 2.44. The number of sulfone groups is 1. The number of thiophene rings is 1. The van der Waals surface area contributed by atoms with Crippen molar-refractivity contribution in [2.45, 2.75) is 49.4 Å². The Balaban J connectivity index is 1.36. The number of nitrogens with zero attached hydrogens (tertiary/aromatic N) is 3. The monoisotopic (exact) mass is 505 g/mol. The van der Waals surface area contributed by atoms with Crippen LogP contribution in [0.5, 0.6) is 0 Å². The van der Waals surface area contributed by atoms with Crippen LogP contribution in [-0.2, 0) is 16.4 Å². The Morgan fingerprint density at radius 2 is 2.09 bits per heavy atom. The number of nitrogens with one attached hydrogen (secondary N) is 1. The van der Waals surface area contributed by atoms with E-state index in [1.54, 1.807) is 16.8 Å². The summed E-state index contributed by atoms with van der Waals surface area (Å²) in [5.74, 6) is -0.248. The summed E-state index contributed by atoms with van der Waals surface area (Å²) in [7, 11) is -3.50. The lowest BCUT2D eigenvalue weighted by molar-refractivity contribution is 0.0955. The maximum Gasteiger partial charge on any atom is 0.261 e. The predicted molar refractivity (Wildman–Crippen MR) is 130 cm³/mol. The Morgan fingerprint density at radius 1 is 1.30 bits per heavy atom. The Kier molecular flexibility index (Phi) is 5.70. The molecule has 3 aromatic rings. The molecule has 1 spiro atoms. The first-order valence-electron chi connectivity index (χ1n) is 10.9. The lowest BCUT2D eigenvalue weighted by Crippen LogP contribution is -2.55. The highest BCUT2D eigenvalue weighted by atomic mass is 35.5. The maximum atomic E-state index is 13.3. The molecule has 1 aliphatic heterocycles. The summed E-state index contributed by atoms with van der Waals surface area (Å²) < 4.78 is 27.2. The van der Waals surface area contributed by atoms with E-state index in [1.165, 1.54) is 0 Å². The number of hydrogen-bond acceptors (Lipinski definition) is 7. The molecule has 11 heteroatoms. The third-order valence-electron chi connectivity index (χ3n) is 6.58. The number of carbonyl (C=O) groups is 1. The summed E-state index contributed by atoms with van der Waals surface area (Å²) in [6.45, 7) is 0.308. The van der Waals surface area contributed by atoms with Crippen LogP contribution in [0.4, 0.5) is 0 Å². The van der Waals surface area contributed by atoms with Gasteiger partial charge in [-0.1, -0.05) is 36.9 Å². The second kappa shape index (κ2) is 8.41. The van der Waals surface area contributed by atoms with Gasteiger partial charge in [0.2, 0.25) is 0 Å². The van der Waals surface area contributed by atoms with Gasteiger partial charge in [0.1, 0.15) is 16.6 Å². The zero-order valence-electron chi connectivity index (χ0n) is 17.8. The molecule has 0 bridgehead atoms. The number of aliphatic imine (C=N–C) groups is 1. The normalized spacial score (nSPS) is 21.7. The van der Waals surface area contributed by atoms with Crippen LogP contribution in [0.1, 0.15) is 58.3 Å². The van der Waals surface area contributed by atoms with Crippen molar-refractivity contribution < 1.29 is 13.2 Å². The zero-order valence-corrected chi connectivity index (χ0v) is 20.2. The highest BCUT2D eigenvalue weighted by molar-refractivity contribution is 7.93. The van der Waals surface area contributed by atoms with Crippen molar-refractivity contribution >= 4 is 50.0 Å². The van der Waals surface area contributed by atoms with Crippen molar-refractivity contribution in [1.82, 2.24) is 14.9 Å². The molecular formula is C22H24ClN5O3S2. The fraction of sp³-hybridized carbons (Fsp3) is 0.409. The average molecular weight is 506 g/mol. The standard InChI is InChI=1S/C22H24ClN5O3S2/c23-15-10-18(20(29)25-11-14-12-26-28-9-5-2-6-17(14)28)32-19(15)16-13-33(30,31)22(21(24)27-16)7-3-1-4-8-22/h2,5-6,9-10,12,16H,1,3-4,7-8,11,13H2,(H2,24,27)(H,25,29). The third kappa shape index (κ3) is 3.83. The molecule has 0 aromatic carbocycles. The van der Waals surface area contributed by atoms with E-state index in [9.17, 15) is 13.2 Å². The first kappa shape index (κ1) is 22.4. The molecule has 174 valence electrons. The van der Waals surface area contributed by atoms with Crippen molar-refractivity contribution in [2.75, 3.05) is 5.75 Å². The van der Waals surface area contributed by atoms with Crippen LogP contribution in [0, 0.1) is 0 Å². The van der Waals surface area contributed by atoms with Crippen molar-refractivity contribution in [3.05, 3.63) is 57.0 Å².